The second-order valence-electron chi connectivity index (χ2n) is 16.5. The van der Waals surface area contributed by atoms with E-state index < -0.39 is 0 Å². The smallest absolute Gasteiger partial charge is 0.164 e. The number of benzene rings is 3. The molecule has 0 spiro atoms. The molecular weight excluding hydrogens is 827 g/mol. The van der Waals surface area contributed by atoms with Gasteiger partial charge in [-0.3, -0.25) is 4.79 Å². The molecular formula is C49H68IrNO2-. The molecule has 0 saturated carbocycles. The molecule has 1 radical (unpaired) electrons. The van der Waals surface area contributed by atoms with Crippen LogP contribution in [0, 0.1) is 30.2 Å². The first-order chi connectivity index (χ1) is 24.5. The Kier molecular flexibility index (Phi) is 17.9. The van der Waals surface area contributed by atoms with Crippen LogP contribution in [0.3, 0.4) is 0 Å². The fraction of sp³-hybridized carbons (Fsp3) is 0.510. The van der Waals surface area contributed by atoms with Gasteiger partial charge in [0, 0.05) is 43.7 Å². The largest absolute Gasteiger partial charge is 0.512 e. The molecule has 0 unspecified atom stereocenters. The number of carbonyl (C=O) groups is 1. The van der Waals surface area contributed by atoms with E-state index in [4.69, 9.17) is 4.98 Å². The third-order valence-electron chi connectivity index (χ3n) is 11.0. The summed E-state index contributed by atoms with van der Waals surface area (Å²) >= 11 is 0. The fourth-order valence-electron chi connectivity index (χ4n) is 7.05. The Hall–Kier alpha value is -3.07. The van der Waals surface area contributed by atoms with E-state index in [1.54, 1.807) is 0 Å². The molecule has 1 aromatic heterocycles. The third kappa shape index (κ3) is 11.7. The number of rotatable bonds is 14. The Balaban J connectivity index is 0.000000486. The monoisotopic (exact) mass is 895 g/mol. The molecule has 0 saturated heterocycles. The van der Waals surface area contributed by atoms with Crippen LogP contribution in [0.25, 0.3) is 33.2 Å². The summed E-state index contributed by atoms with van der Waals surface area (Å²) < 4.78 is 0. The van der Waals surface area contributed by atoms with Crippen molar-refractivity contribution in [1.29, 1.82) is 0 Å². The summed E-state index contributed by atoms with van der Waals surface area (Å²) in [6.07, 6.45) is 7.87. The average molecular weight is 895 g/mol. The van der Waals surface area contributed by atoms with Crippen molar-refractivity contribution in [3.05, 3.63) is 100 Å². The second kappa shape index (κ2) is 20.6. The number of pyridine rings is 1. The molecule has 3 nitrogen and oxygen atoms in total. The maximum Gasteiger partial charge on any atom is 0.164 e. The van der Waals surface area contributed by atoms with Crippen molar-refractivity contribution >= 4 is 16.6 Å². The molecule has 0 aliphatic carbocycles. The molecule has 1 N–H and O–H groups in total. The van der Waals surface area contributed by atoms with Crippen molar-refractivity contribution in [2.75, 3.05) is 0 Å². The number of ketones is 1. The van der Waals surface area contributed by atoms with Crippen molar-refractivity contribution in [3.8, 4) is 22.4 Å². The van der Waals surface area contributed by atoms with Gasteiger partial charge in [-0.1, -0.05) is 133 Å². The summed E-state index contributed by atoms with van der Waals surface area (Å²) in [6.45, 7) is 30.6. The van der Waals surface area contributed by atoms with Gasteiger partial charge in [-0.05, 0) is 106 Å². The van der Waals surface area contributed by atoms with E-state index in [-0.39, 0.29) is 43.0 Å². The summed E-state index contributed by atoms with van der Waals surface area (Å²) in [5.74, 6) is 2.48. The van der Waals surface area contributed by atoms with E-state index in [1.165, 1.54) is 50.2 Å². The summed E-state index contributed by atoms with van der Waals surface area (Å²) in [4.78, 5) is 16.9. The molecule has 1 heterocycles. The number of hydrogen-bond acceptors (Lipinski definition) is 3. The van der Waals surface area contributed by atoms with Gasteiger partial charge in [0.2, 0.25) is 0 Å². The topological polar surface area (TPSA) is 50.2 Å². The Morgan fingerprint density at radius 3 is 1.91 bits per heavy atom. The van der Waals surface area contributed by atoms with E-state index in [9.17, 15) is 9.90 Å². The van der Waals surface area contributed by atoms with E-state index in [0.29, 0.717) is 23.7 Å². The Morgan fingerprint density at radius 2 is 1.42 bits per heavy atom. The Labute approximate surface area is 336 Å². The molecule has 0 amide bonds. The van der Waals surface area contributed by atoms with Gasteiger partial charge in [-0.25, -0.2) is 0 Å². The van der Waals surface area contributed by atoms with Crippen LogP contribution in [0.15, 0.2) is 66.6 Å². The van der Waals surface area contributed by atoms with Crippen LogP contribution in [0.4, 0.5) is 0 Å². The van der Waals surface area contributed by atoms with Crippen molar-refractivity contribution in [1.82, 2.24) is 4.98 Å². The minimum Gasteiger partial charge on any atom is -0.512 e. The van der Waals surface area contributed by atoms with Crippen molar-refractivity contribution in [2.45, 2.75) is 147 Å². The molecule has 4 rings (SSSR count). The van der Waals surface area contributed by atoms with Gasteiger partial charge in [0.1, 0.15) is 0 Å². The number of fused-ring (bicyclic) bond motifs is 1. The van der Waals surface area contributed by atoms with Crippen LogP contribution in [-0.2, 0) is 31.3 Å². The van der Waals surface area contributed by atoms with Crippen LogP contribution in [0.2, 0.25) is 0 Å². The molecule has 3 aromatic carbocycles. The molecule has 4 aromatic rings. The number of aliphatic hydroxyl groups is 1. The van der Waals surface area contributed by atoms with Crippen LogP contribution in [-0.4, -0.2) is 15.9 Å². The normalized spacial score (nSPS) is 12.2. The Bertz CT molecular complexity index is 1790. The second-order valence-corrected chi connectivity index (χ2v) is 16.5. The molecule has 0 aliphatic rings. The van der Waals surface area contributed by atoms with Gasteiger partial charge < -0.3 is 10.1 Å². The zero-order chi connectivity index (χ0) is 38.9. The van der Waals surface area contributed by atoms with Gasteiger partial charge in [-0.2, -0.15) is 0 Å². The van der Waals surface area contributed by atoms with E-state index in [1.807, 2.05) is 40.8 Å². The Morgan fingerprint density at radius 1 is 0.830 bits per heavy atom. The third-order valence-corrected chi connectivity index (χ3v) is 11.0. The minimum absolute atomic E-state index is 0. The fourth-order valence-corrected chi connectivity index (χ4v) is 7.05. The predicted molar refractivity (Wildman–Crippen MR) is 225 cm³/mol. The van der Waals surface area contributed by atoms with Crippen molar-refractivity contribution < 1.29 is 30.0 Å². The molecule has 0 bridgehead atoms. The number of aryl methyl sites for hydroxylation is 1. The molecule has 0 fully saturated rings. The summed E-state index contributed by atoms with van der Waals surface area (Å²) in [7, 11) is 0. The van der Waals surface area contributed by atoms with Crippen LogP contribution in [0.5, 0.6) is 0 Å². The molecule has 53 heavy (non-hydrogen) atoms. The average Bonchev–Trinajstić information content (AvgIpc) is 3.10. The number of allylic oxidation sites excluding steroid dienone is 2. The maximum atomic E-state index is 12.0. The van der Waals surface area contributed by atoms with E-state index in [2.05, 4.69) is 117 Å². The van der Waals surface area contributed by atoms with Crippen molar-refractivity contribution in [3.63, 3.8) is 0 Å². The van der Waals surface area contributed by atoms with E-state index in [0.717, 1.165) is 48.9 Å². The first kappa shape index (κ1) is 46.1. The van der Waals surface area contributed by atoms with Gasteiger partial charge in [0.25, 0.3) is 0 Å². The maximum absolute atomic E-state index is 12.0. The molecule has 291 valence electrons. The van der Waals surface area contributed by atoms with Gasteiger partial charge in [0.15, 0.2) is 5.78 Å². The van der Waals surface area contributed by atoms with Crippen LogP contribution >= 0.6 is 0 Å². The quantitative estimate of drug-likeness (QED) is 0.0779. The van der Waals surface area contributed by atoms with Gasteiger partial charge in [0.05, 0.1) is 5.76 Å². The summed E-state index contributed by atoms with van der Waals surface area (Å²) in [5, 5.41) is 12.3. The molecule has 4 heteroatoms. The van der Waals surface area contributed by atoms with Crippen LogP contribution < -0.4 is 0 Å². The zero-order valence-electron chi connectivity index (χ0n) is 35.3. The predicted octanol–water partition coefficient (Wildman–Crippen LogP) is 14.5. The molecule has 0 atom stereocenters. The summed E-state index contributed by atoms with van der Waals surface area (Å²) in [6, 6.07) is 22.1. The van der Waals surface area contributed by atoms with Crippen LogP contribution in [0.1, 0.15) is 161 Å². The van der Waals surface area contributed by atoms with Gasteiger partial charge in [-0.15, -0.1) is 29.3 Å². The zero-order valence-corrected chi connectivity index (χ0v) is 37.7. The first-order valence-corrected chi connectivity index (χ1v) is 20.0. The number of aliphatic hydroxyl groups excluding tert-OH is 1. The SMILES string of the molecule is CCC(CC)/C(O)=C/C(=O)C(C)(CC)CC.Cc1[c-]c(-c2nccc3cc(CC(C)C)ccc23)cc(-c2c(C(C)C)cc(C(C)C)cc2C(C)C)c1.[Ir]. The number of aromatic nitrogens is 1. The number of hydrogen-bond donors (Lipinski definition) is 1. The van der Waals surface area contributed by atoms with E-state index >= 15 is 0 Å². The van der Waals surface area contributed by atoms with Crippen molar-refractivity contribution in [2.24, 2.45) is 17.3 Å². The number of carbonyl (C=O) groups excluding carboxylic acids is 1. The standard InChI is InChI=1S/C35H42N.C14H26O2.Ir/c1-21(2)14-26-10-11-31-27(17-26)12-13-36-35(31)30-16-25(9)15-29(18-30)34-32(23(5)6)19-28(22(3)4)20-33(34)24(7)8;1-6-11(7-2)12(15)10-13(16)14(5,8-3)9-4;/h10-13,15,17-24H,14H2,1-9H3;10-11,15H,6-9H2,1-5H3;/q-1;;/b;12-10-;. The summed E-state index contributed by atoms with van der Waals surface area (Å²) in [5.41, 5.74) is 11.3. The van der Waals surface area contributed by atoms with Gasteiger partial charge >= 0.3 is 0 Å². The number of nitrogens with zero attached hydrogens (tertiary/aromatic N) is 1. The first-order valence-electron chi connectivity index (χ1n) is 20.0. The minimum atomic E-state index is -0.319. The molecule has 0 aliphatic heterocycles.